The van der Waals surface area contributed by atoms with Gasteiger partial charge in [-0.25, -0.2) is 0 Å². The third kappa shape index (κ3) is 4.45. The summed E-state index contributed by atoms with van der Waals surface area (Å²) in [5.74, 6) is 1.07. The van der Waals surface area contributed by atoms with Gasteiger partial charge in [0.2, 0.25) is 5.95 Å². The van der Waals surface area contributed by atoms with Gasteiger partial charge in [-0.15, -0.1) is 5.10 Å². The van der Waals surface area contributed by atoms with Crippen LogP contribution in [0.1, 0.15) is 5.56 Å². The highest BCUT2D eigenvalue weighted by atomic mass is 79.9. The van der Waals surface area contributed by atoms with E-state index in [9.17, 15) is 0 Å². The van der Waals surface area contributed by atoms with Crippen molar-refractivity contribution in [2.24, 2.45) is 0 Å². The lowest BCUT2D eigenvalue weighted by Crippen LogP contribution is -2.08. The summed E-state index contributed by atoms with van der Waals surface area (Å²) in [6.07, 6.45) is 1.60. The Bertz CT molecular complexity index is 864. The lowest BCUT2D eigenvalue weighted by Gasteiger charge is -2.13. The zero-order chi connectivity index (χ0) is 17.8. The van der Waals surface area contributed by atoms with Gasteiger partial charge >= 0.3 is 0 Å². The zero-order valence-electron chi connectivity index (χ0n) is 14.3. The van der Waals surface area contributed by atoms with Gasteiger partial charge in [-0.2, -0.15) is 10.1 Å². The second-order valence-corrected chi connectivity index (χ2v) is 6.73. The molecule has 128 valence electrons. The first-order valence-electron chi connectivity index (χ1n) is 7.78. The third-order valence-corrected chi connectivity index (χ3v) is 4.14. The molecule has 6 nitrogen and oxygen atoms in total. The molecule has 0 aliphatic rings. The topological polar surface area (TPSA) is 66.0 Å². The van der Waals surface area contributed by atoms with E-state index in [4.69, 9.17) is 0 Å². The van der Waals surface area contributed by atoms with Gasteiger partial charge in [0.25, 0.3) is 0 Å². The summed E-state index contributed by atoms with van der Waals surface area (Å²) < 4.78 is 1.04. The van der Waals surface area contributed by atoms with Gasteiger partial charge in [0.15, 0.2) is 5.82 Å². The van der Waals surface area contributed by atoms with Crippen LogP contribution in [0.4, 0.5) is 28.8 Å². The second-order valence-electron chi connectivity index (χ2n) is 5.82. The van der Waals surface area contributed by atoms with E-state index in [0.29, 0.717) is 11.8 Å². The molecule has 1 heterocycles. The Morgan fingerprint density at radius 2 is 1.76 bits per heavy atom. The van der Waals surface area contributed by atoms with Crippen LogP contribution in [-0.2, 0) is 0 Å². The number of rotatable bonds is 5. The molecule has 25 heavy (non-hydrogen) atoms. The van der Waals surface area contributed by atoms with Crippen molar-refractivity contribution in [3.63, 3.8) is 0 Å². The van der Waals surface area contributed by atoms with Crippen LogP contribution < -0.4 is 15.5 Å². The van der Waals surface area contributed by atoms with Gasteiger partial charge in [-0.05, 0) is 55.0 Å². The number of anilines is 5. The minimum absolute atomic E-state index is 0.442. The normalized spacial score (nSPS) is 10.4. The van der Waals surface area contributed by atoms with Gasteiger partial charge in [0.05, 0.1) is 6.20 Å². The molecule has 0 bridgehead atoms. The number of aromatic nitrogens is 3. The van der Waals surface area contributed by atoms with Crippen LogP contribution >= 0.6 is 15.9 Å². The summed E-state index contributed by atoms with van der Waals surface area (Å²) in [7, 11) is 4.02. The van der Waals surface area contributed by atoms with Crippen LogP contribution in [-0.4, -0.2) is 29.3 Å². The van der Waals surface area contributed by atoms with Crippen LogP contribution in [0.5, 0.6) is 0 Å². The fourth-order valence-electron chi connectivity index (χ4n) is 2.29. The first kappa shape index (κ1) is 17.2. The molecule has 0 aliphatic heterocycles. The smallest absolute Gasteiger partial charge is 0.249 e. The van der Waals surface area contributed by atoms with E-state index < -0.39 is 0 Å². The molecule has 0 fully saturated rings. The molecule has 1 aromatic heterocycles. The standard InChI is InChI=1S/C18H19BrN6/c1-12-10-13(19)4-9-16(12)22-17-11-20-24-18(23-17)21-14-5-7-15(8-6-14)25(2)3/h4-11H,1-3H3,(H2,21,22,23,24). The highest BCUT2D eigenvalue weighted by Gasteiger charge is 2.05. The molecule has 0 amide bonds. The van der Waals surface area contributed by atoms with Crippen molar-refractivity contribution in [2.75, 3.05) is 29.6 Å². The van der Waals surface area contributed by atoms with Crippen molar-refractivity contribution >= 4 is 44.8 Å². The van der Waals surface area contributed by atoms with Gasteiger partial charge in [0, 0.05) is 35.6 Å². The first-order chi connectivity index (χ1) is 12.0. The van der Waals surface area contributed by atoms with Crippen LogP contribution in [0.15, 0.2) is 53.1 Å². The Balaban J connectivity index is 1.75. The molecule has 3 rings (SSSR count). The Hall–Kier alpha value is -2.67. The molecule has 2 N–H and O–H groups in total. The maximum Gasteiger partial charge on any atom is 0.249 e. The summed E-state index contributed by atoms with van der Waals surface area (Å²) in [6.45, 7) is 2.03. The summed E-state index contributed by atoms with van der Waals surface area (Å²) in [5.41, 5.74) is 4.13. The molecular formula is C18H19BrN6. The average Bonchev–Trinajstić information content (AvgIpc) is 2.58. The molecule has 2 aromatic carbocycles. The molecule has 0 unspecified atom stereocenters. The van der Waals surface area contributed by atoms with Crippen molar-refractivity contribution in [1.29, 1.82) is 0 Å². The zero-order valence-corrected chi connectivity index (χ0v) is 15.9. The Morgan fingerprint density at radius 3 is 2.44 bits per heavy atom. The largest absolute Gasteiger partial charge is 0.378 e. The molecule has 0 spiro atoms. The molecule has 0 radical (unpaired) electrons. The monoisotopic (exact) mass is 398 g/mol. The predicted octanol–water partition coefficient (Wildman–Crippen LogP) is 4.50. The summed E-state index contributed by atoms with van der Waals surface area (Å²) >= 11 is 3.47. The summed E-state index contributed by atoms with van der Waals surface area (Å²) in [4.78, 5) is 6.51. The van der Waals surface area contributed by atoms with E-state index in [0.717, 1.165) is 27.1 Å². The van der Waals surface area contributed by atoms with Crippen molar-refractivity contribution < 1.29 is 0 Å². The van der Waals surface area contributed by atoms with Gasteiger partial charge < -0.3 is 15.5 Å². The van der Waals surface area contributed by atoms with Gasteiger partial charge in [-0.3, -0.25) is 0 Å². The number of hydrogen-bond donors (Lipinski definition) is 2. The predicted molar refractivity (Wildman–Crippen MR) is 106 cm³/mol. The van der Waals surface area contributed by atoms with Crippen molar-refractivity contribution in [3.8, 4) is 0 Å². The van der Waals surface area contributed by atoms with Crippen molar-refractivity contribution in [3.05, 3.63) is 58.7 Å². The average molecular weight is 399 g/mol. The molecule has 0 saturated carbocycles. The Morgan fingerprint density at radius 1 is 1.00 bits per heavy atom. The number of nitrogens with zero attached hydrogens (tertiary/aromatic N) is 4. The minimum atomic E-state index is 0.442. The van der Waals surface area contributed by atoms with E-state index >= 15 is 0 Å². The Labute approximate surface area is 155 Å². The van der Waals surface area contributed by atoms with E-state index in [1.807, 2.05) is 68.4 Å². The number of halogens is 1. The fourth-order valence-corrected chi connectivity index (χ4v) is 2.77. The minimum Gasteiger partial charge on any atom is -0.378 e. The lowest BCUT2D eigenvalue weighted by atomic mass is 10.2. The van der Waals surface area contributed by atoms with Crippen LogP contribution in [0.25, 0.3) is 0 Å². The van der Waals surface area contributed by atoms with Crippen LogP contribution in [0.2, 0.25) is 0 Å². The van der Waals surface area contributed by atoms with E-state index in [1.165, 1.54) is 0 Å². The van der Waals surface area contributed by atoms with Crippen molar-refractivity contribution in [1.82, 2.24) is 15.2 Å². The van der Waals surface area contributed by atoms with Crippen LogP contribution in [0, 0.1) is 6.92 Å². The van der Waals surface area contributed by atoms with E-state index in [2.05, 4.69) is 41.7 Å². The summed E-state index contributed by atoms with van der Waals surface area (Å²) in [5, 5.41) is 14.5. The van der Waals surface area contributed by atoms with Gasteiger partial charge in [-0.1, -0.05) is 15.9 Å². The van der Waals surface area contributed by atoms with Gasteiger partial charge in [0.1, 0.15) is 0 Å². The number of benzene rings is 2. The van der Waals surface area contributed by atoms with E-state index in [-0.39, 0.29) is 0 Å². The number of nitrogens with one attached hydrogen (secondary N) is 2. The number of hydrogen-bond acceptors (Lipinski definition) is 6. The quantitative estimate of drug-likeness (QED) is 0.659. The van der Waals surface area contributed by atoms with E-state index in [1.54, 1.807) is 6.20 Å². The SMILES string of the molecule is Cc1cc(Br)ccc1Nc1cnnc(Nc2ccc(N(C)C)cc2)n1. The molecular weight excluding hydrogens is 380 g/mol. The van der Waals surface area contributed by atoms with Crippen molar-refractivity contribution in [2.45, 2.75) is 6.92 Å². The number of aryl methyl sites for hydroxylation is 1. The fraction of sp³-hybridized carbons (Fsp3) is 0.167. The molecule has 0 atom stereocenters. The third-order valence-electron chi connectivity index (χ3n) is 3.65. The van der Waals surface area contributed by atoms with Crippen LogP contribution in [0.3, 0.4) is 0 Å². The highest BCUT2D eigenvalue weighted by molar-refractivity contribution is 9.10. The lowest BCUT2D eigenvalue weighted by molar-refractivity contribution is 0.982. The molecule has 7 heteroatoms. The molecule has 0 saturated heterocycles. The first-order valence-corrected chi connectivity index (χ1v) is 8.58. The summed E-state index contributed by atoms with van der Waals surface area (Å²) in [6, 6.07) is 14.0. The Kier molecular flexibility index (Phi) is 5.14. The molecule has 0 aliphatic carbocycles. The molecule has 3 aromatic rings. The maximum absolute atomic E-state index is 4.47. The second kappa shape index (κ2) is 7.48. The highest BCUT2D eigenvalue weighted by Crippen LogP contribution is 2.23. The maximum atomic E-state index is 4.47.